The summed E-state index contributed by atoms with van der Waals surface area (Å²) < 4.78 is 0. The smallest absolute Gasteiger partial charge is 0.0643 e. The minimum atomic E-state index is 0.121. The molecule has 86 valence electrons. The van der Waals surface area contributed by atoms with Crippen molar-refractivity contribution in [2.24, 2.45) is 0 Å². The highest BCUT2D eigenvalue weighted by Gasteiger charge is 2.17. The minimum absolute atomic E-state index is 0.121. The normalized spacial score (nSPS) is 12.9. The summed E-state index contributed by atoms with van der Waals surface area (Å²) in [5, 5.41) is 12.0. The maximum Gasteiger partial charge on any atom is 0.0643 e. The molecule has 0 saturated heterocycles. The minimum Gasteiger partial charge on any atom is -0.381 e. The maximum atomic E-state index is 8.65. The number of hydrogen-bond acceptors (Lipinski definition) is 2. The Labute approximate surface area is 98.3 Å². The van der Waals surface area contributed by atoms with Gasteiger partial charge in [0.15, 0.2) is 0 Å². The van der Waals surface area contributed by atoms with Crippen LogP contribution >= 0.6 is 0 Å². The highest BCUT2D eigenvalue weighted by atomic mass is 14.9. The molecule has 1 atom stereocenters. The van der Waals surface area contributed by atoms with Crippen molar-refractivity contribution in [2.75, 3.05) is 5.32 Å². The molecule has 0 saturated carbocycles. The molecule has 0 radical (unpaired) electrons. The molecule has 0 aliphatic carbocycles. The van der Waals surface area contributed by atoms with E-state index in [1.165, 1.54) is 5.56 Å². The fourth-order valence-electron chi connectivity index (χ4n) is 1.72. The van der Waals surface area contributed by atoms with Crippen LogP contribution in [0.15, 0.2) is 24.3 Å². The molecule has 1 aromatic rings. The van der Waals surface area contributed by atoms with Gasteiger partial charge in [-0.25, -0.2) is 0 Å². The number of nitrogens with one attached hydrogen (secondary N) is 1. The van der Waals surface area contributed by atoms with Gasteiger partial charge >= 0.3 is 0 Å². The Hall–Kier alpha value is -1.49. The number of nitrogens with zero attached hydrogens (tertiary/aromatic N) is 1. The predicted molar refractivity (Wildman–Crippen MR) is 68.5 cm³/mol. The second-order valence-corrected chi connectivity index (χ2v) is 5.20. The average Bonchev–Trinajstić information content (AvgIpc) is 2.17. The molecular weight excluding hydrogens is 196 g/mol. The average molecular weight is 216 g/mol. The zero-order chi connectivity index (χ0) is 12.2. The third kappa shape index (κ3) is 3.27. The van der Waals surface area contributed by atoms with Gasteiger partial charge < -0.3 is 5.32 Å². The molecule has 0 spiro atoms. The summed E-state index contributed by atoms with van der Waals surface area (Å²) in [7, 11) is 0. The molecule has 0 fully saturated rings. The van der Waals surface area contributed by atoms with E-state index < -0.39 is 0 Å². The Morgan fingerprint density at radius 3 is 2.50 bits per heavy atom. The van der Waals surface area contributed by atoms with E-state index in [-0.39, 0.29) is 11.5 Å². The second kappa shape index (κ2) is 5.03. The van der Waals surface area contributed by atoms with Crippen LogP contribution in [0.25, 0.3) is 0 Å². The molecule has 0 amide bonds. The van der Waals surface area contributed by atoms with Gasteiger partial charge in [0.25, 0.3) is 0 Å². The quantitative estimate of drug-likeness (QED) is 0.836. The molecule has 2 heteroatoms. The van der Waals surface area contributed by atoms with Crippen molar-refractivity contribution in [1.29, 1.82) is 5.26 Å². The summed E-state index contributed by atoms with van der Waals surface area (Å²) in [4.78, 5) is 0. The van der Waals surface area contributed by atoms with Gasteiger partial charge in [-0.15, -0.1) is 0 Å². The van der Waals surface area contributed by atoms with E-state index in [1.807, 2.05) is 13.0 Å². The lowest BCUT2D eigenvalue weighted by Gasteiger charge is -2.25. The van der Waals surface area contributed by atoms with Crippen LogP contribution < -0.4 is 5.32 Å². The molecule has 0 aromatic heterocycles. The first-order valence-corrected chi connectivity index (χ1v) is 5.68. The van der Waals surface area contributed by atoms with Crippen molar-refractivity contribution in [1.82, 2.24) is 0 Å². The number of benzene rings is 1. The fraction of sp³-hybridized carbons (Fsp3) is 0.500. The summed E-state index contributed by atoms with van der Waals surface area (Å²) in [6, 6.07) is 10.7. The Kier molecular flexibility index (Phi) is 3.95. The third-order valence-electron chi connectivity index (χ3n) is 2.53. The van der Waals surface area contributed by atoms with Gasteiger partial charge in [0.2, 0.25) is 0 Å². The Balaban J connectivity index is 2.92. The third-order valence-corrected chi connectivity index (χ3v) is 2.53. The number of rotatable bonds is 3. The largest absolute Gasteiger partial charge is 0.381 e. The highest BCUT2D eigenvalue weighted by Crippen LogP contribution is 2.29. The second-order valence-electron chi connectivity index (χ2n) is 5.20. The SMILES string of the molecule is CC(CC#N)Nc1ccccc1C(C)(C)C. The van der Waals surface area contributed by atoms with Crippen LogP contribution in [0.2, 0.25) is 0 Å². The van der Waals surface area contributed by atoms with Crippen molar-refractivity contribution < 1.29 is 0 Å². The molecule has 0 aliphatic rings. The Bertz CT molecular complexity index is 382. The summed E-state index contributed by atoms with van der Waals surface area (Å²) >= 11 is 0. The summed E-state index contributed by atoms with van der Waals surface area (Å²) in [5.41, 5.74) is 2.55. The molecule has 16 heavy (non-hydrogen) atoms. The lowest BCUT2D eigenvalue weighted by atomic mass is 9.85. The first-order valence-electron chi connectivity index (χ1n) is 5.68. The molecular formula is C14H20N2. The Morgan fingerprint density at radius 2 is 1.94 bits per heavy atom. The first kappa shape index (κ1) is 12.6. The molecule has 2 nitrogen and oxygen atoms in total. The van der Waals surface area contributed by atoms with Gasteiger partial charge in [-0.2, -0.15) is 5.26 Å². The number of anilines is 1. The van der Waals surface area contributed by atoms with Crippen LogP contribution in [-0.4, -0.2) is 6.04 Å². The van der Waals surface area contributed by atoms with Crippen LogP contribution in [0, 0.1) is 11.3 Å². The van der Waals surface area contributed by atoms with E-state index in [2.05, 4.69) is 50.4 Å². The Morgan fingerprint density at radius 1 is 1.31 bits per heavy atom. The molecule has 0 heterocycles. The van der Waals surface area contributed by atoms with Crippen LogP contribution in [-0.2, 0) is 5.41 Å². The first-order chi connectivity index (χ1) is 7.45. The number of para-hydroxylation sites is 1. The summed E-state index contributed by atoms with van der Waals surface area (Å²) in [6.45, 7) is 8.62. The van der Waals surface area contributed by atoms with E-state index in [9.17, 15) is 0 Å². The standard InChI is InChI=1S/C14H20N2/c1-11(9-10-15)16-13-8-6-5-7-12(13)14(2,3)4/h5-8,11,16H,9H2,1-4H3. The van der Waals surface area contributed by atoms with Gasteiger partial charge in [-0.05, 0) is 24.0 Å². The highest BCUT2D eigenvalue weighted by molar-refractivity contribution is 5.54. The molecule has 1 unspecified atom stereocenters. The van der Waals surface area contributed by atoms with E-state index in [4.69, 9.17) is 5.26 Å². The van der Waals surface area contributed by atoms with Crippen LogP contribution in [0.3, 0.4) is 0 Å². The van der Waals surface area contributed by atoms with E-state index in [0.29, 0.717) is 6.42 Å². The van der Waals surface area contributed by atoms with Crippen molar-refractivity contribution in [3.8, 4) is 6.07 Å². The molecule has 1 N–H and O–H groups in total. The van der Waals surface area contributed by atoms with Gasteiger partial charge in [-0.3, -0.25) is 0 Å². The summed E-state index contributed by atoms with van der Waals surface area (Å²) in [6.07, 6.45) is 0.526. The van der Waals surface area contributed by atoms with Gasteiger partial charge in [0, 0.05) is 11.7 Å². The van der Waals surface area contributed by atoms with Crippen LogP contribution in [0.4, 0.5) is 5.69 Å². The van der Waals surface area contributed by atoms with Crippen LogP contribution in [0.1, 0.15) is 39.7 Å². The lowest BCUT2D eigenvalue weighted by Crippen LogP contribution is -2.19. The topological polar surface area (TPSA) is 35.8 Å². The van der Waals surface area contributed by atoms with Crippen molar-refractivity contribution in [3.05, 3.63) is 29.8 Å². The van der Waals surface area contributed by atoms with Gasteiger partial charge in [0.1, 0.15) is 0 Å². The molecule has 1 aromatic carbocycles. The maximum absolute atomic E-state index is 8.65. The molecule has 0 aliphatic heterocycles. The number of hydrogen-bond donors (Lipinski definition) is 1. The van der Waals surface area contributed by atoms with Crippen molar-refractivity contribution >= 4 is 5.69 Å². The van der Waals surface area contributed by atoms with Gasteiger partial charge in [-0.1, -0.05) is 39.0 Å². The number of nitriles is 1. The monoisotopic (exact) mass is 216 g/mol. The van der Waals surface area contributed by atoms with E-state index in [1.54, 1.807) is 0 Å². The molecule has 0 bridgehead atoms. The lowest BCUT2D eigenvalue weighted by molar-refractivity contribution is 0.590. The fourth-order valence-corrected chi connectivity index (χ4v) is 1.72. The van der Waals surface area contributed by atoms with E-state index >= 15 is 0 Å². The zero-order valence-corrected chi connectivity index (χ0v) is 10.5. The summed E-state index contributed by atoms with van der Waals surface area (Å²) in [5.74, 6) is 0. The van der Waals surface area contributed by atoms with E-state index in [0.717, 1.165) is 5.69 Å². The molecule has 1 rings (SSSR count). The predicted octanol–water partition coefficient (Wildman–Crippen LogP) is 3.70. The van der Waals surface area contributed by atoms with Crippen LogP contribution in [0.5, 0.6) is 0 Å². The van der Waals surface area contributed by atoms with Crippen molar-refractivity contribution in [2.45, 2.75) is 45.6 Å². The zero-order valence-electron chi connectivity index (χ0n) is 10.5. The van der Waals surface area contributed by atoms with Gasteiger partial charge in [0.05, 0.1) is 12.5 Å². The van der Waals surface area contributed by atoms with Crippen molar-refractivity contribution in [3.63, 3.8) is 0 Å².